The molecule has 1 aromatic rings. The molecule has 1 aliphatic carbocycles. The summed E-state index contributed by atoms with van der Waals surface area (Å²) in [4.78, 5) is 4.46. The third kappa shape index (κ3) is 2.79. The molecule has 3 unspecified atom stereocenters. The molecule has 1 aliphatic rings. The van der Waals surface area contributed by atoms with Crippen LogP contribution in [0.2, 0.25) is 0 Å². The molecule has 18 heavy (non-hydrogen) atoms. The van der Waals surface area contributed by atoms with Crippen LogP contribution in [0.3, 0.4) is 0 Å². The van der Waals surface area contributed by atoms with Crippen molar-refractivity contribution in [3.8, 4) is 0 Å². The zero-order valence-corrected chi connectivity index (χ0v) is 11.2. The van der Waals surface area contributed by atoms with E-state index in [1.807, 2.05) is 19.1 Å². The van der Waals surface area contributed by atoms with Gasteiger partial charge in [0.05, 0.1) is 5.92 Å². The Morgan fingerprint density at radius 3 is 2.83 bits per heavy atom. The van der Waals surface area contributed by atoms with Crippen molar-refractivity contribution in [1.82, 2.24) is 10.1 Å². The summed E-state index contributed by atoms with van der Waals surface area (Å²) in [6.45, 7) is 6.78. The van der Waals surface area contributed by atoms with E-state index in [2.05, 4.69) is 24.0 Å². The van der Waals surface area contributed by atoms with Crippen LogP contribution in [-0.2, 0) is 4.74 Å². The van der Waals surface area contributed by atoms with Gasteiger partial charge in [0.15, 0.2) is 0 Å². The molecule has 2 N–H and O–H groups in total. The molecular formula is C13H21N3O2. The molecule has 5 heteroatoms. The predicted molar refractivity (Wildman–Crippen MR) is 68.0 cm³/mol. The van der Waals surface area contributed by atoms with Crippen LogP contribution in [0.1, 0.15) is 50.9 Å². The molecule has 0 aliphatic heterocycles. The fourth-order valence-electron chi connectivity index (χ4n) is 2.17. The van der Waals surface area contributed by atoms with Gasteiger partial charge >= 0.3 is 0 Å². The zero-order chi connectivity index (χ0) is 13.1. The molecule has 0 aromatic carbocycles. The maximum Gasteiger partial charge on any atom is 0.233 e. The van der Waals surface area contributed by atoms with E-state index in [1.54, 1.807) is 0 Å². The lowest BCUT2D eigenvalue weighted by Crippen LogP contribution is -2.15. The van der Waals surface area contributed by atoms with Gasteiger partial charge in [0.1, 0.15) is 6.10 Å². The third-order valence-corrected chi connectivity index (χ3v) is 3.10. The van der Waals surface area contributed by atoms with Gasteiger partial charge in [-0.05, 0) is 19.3 Å². The average Bonchev–Trinajstić information content (AvgIpc) is 2.93. The van der Waals surface area contributed by atoms with E-state index in [-0.39, 0.29) is 18.1 Å². The summed E-state index contributed by atoms with van der Waals surface area (Å²) < 4.78 is 11.0. The van der Waals surface area contributed by atoms with Crippen molar-refractivity contribution in [3.05, 3.63) is 23.9 Å². The molecule has 0 saturated carbocycles. The number of aromatic nitrogens is 2. The van der Waals surface area contributed by atoms with E-state index in [0.29, 0.717) is 24.2 Å². The lowest BCUT2D eigenvalue weighted by atomic mass is 10.1. The second-order valence-corrected chi connectivity index (χ2v) is 5.00. The van der Waals surface area contributed by atoms with Crippen molar-refractivity contribution in [1.29, 1.82) is 0 Å². The summed E-state index contributed by atoms with van der Waals surface area (Å²) >= 11 is 0. The SMILES string of the molecule is CCOC(c1noc(C2C=CC(N)C2)n1)C(C)C. The van der Waals surface area contributed by atoms with Crippen molar-refractivity contribution < 1.29 is 9.26 Å². The Labute approximate surface area is 107 Å². The molecule has 1 heterocycles. The molecule has 0 spiro atoms. The number of rotatable bonds is 5. The quantitative estimate of drug-likeness (QED) is 0.812. The minimum atomic E-state index is -0.105. The first-order valence-electron chi connectivity index (χ1n) is 6.50. The third-order valence-electron chi connectivity index (χ3n) is 3.10. The number of allylic oxidation sites excluding steroid dienone is 1. The topological polar surface area (TPSA) is 74.2 Å². The van der Waals surface area contributed by atoms with Gasteiger partial charge in [0.2, 0.25) is 11.7 Å². The van der Waals surface area contributed by atoms with Crippen LogP contribution in [0.15, 0.2) is 16.7 Å². The monoisotopic (exact) mass is 251 g/mol. The van der Waals surface area contributed by atoms with Crippen LogP contribution in [0.5, 0.6) is 0 Å². The summed E-state index contributed by atoms with van der Waals surface area (Å²) in [6, 6.07) is 0.0955. The lowest BCUT2D eigenvalue weighted by Gasteiger charge is -2.16. The largest absolute Gasteiger partial charge is 0.370 e. The molecule has 2 rings (SSSR count). The number of ether oxygens (including phenoxy) is 1. The molecule has 0 fully saturated rings. The predicted octanol–water partition coefficient (Wildman–Crippen LogP) is 2.17. The van der Waals surface area contributed by atoms with Gasteiger partial charge in [0, 0.05) is 12.6 Å². The highest BCUT2D eigenvalue weighted by Gasteiger charge is 2.27. The van der Waals surface area contributed by atoms with Gasteiger partial charge in [-0.25, -0.2) is 0 Å². The van der Waals surface area contributed by atoms with Crippen LogP contribution < -0.4 is 5.73 Å². The van der Waals surface area contributed by atoms with Crippen LogP contribution in [-0.4, -0.2) is 22.8 Å². The summed E-state index contributed by atoms with van der Waals surface area (Å²) in [6.07, 6.45) is 4.75. The maximum atomic E-state index is 5.82. The highest BCUT2D eigenvalue weighted by molar-refractivity contribution is 5.15. The molecule has 3 atom stereocenters. The zero-order valence-electron chi connectivity index (χ0n) is 11.2. The van der Waals surface area contributed by atoms with Gasteiger partial charge in [-0.3, -0.25) is 0 Å². The minimum Gasteiger partial charge on any atom is -0.370 e. The van der Waals surface area contributed by atoms with E-state index in [0.717, 1.165) is 6.42 Å². The number of hydrogen-bond acceptors (Lipinski definition) is 5. The Bertz CT molecular complexity index is 414. The summed E-state index contributed by atoms with van der Waals surface area (Å²) in [5.74, 6) is 1.74. The first-order valence-corrected chi connectivity index (χ1v) is 6.50. The normalized spacial score (nSPS) is 24.9. The Balaban J connectivity index is 2.11. The molecule has 1 aromatic heterocycles. The second kappa shape index (κ2) is 5.63. The fourth-order valence-corrected chi connectivity index (χ4v) is 2.17. The van der Waals surface area contributed by atoms with Gasteiger partial charge < -0.3 is 15.0 Å². The number of nitrogens with two attached hydrogens (primary N) is 1. The molecule has 0 amide bonds. The smallest absolute Gasteiger partial charge is 0.233 e. The van der Waals surface area contributed by atoms with Crippen LogP contribution in [0, 0.1) is 5.92 Å². The highest BCUT2D eigenvalue weighted by atomic mass is 16.5. The van der Waals surface area contributed by atoms with E-state index in [4.69, 9.17) is 15.0 Å². The maximum absolute atomic E-state index is 5.82. The van der Waals surface area contributed by atoms with E-state index in [1.165, 1.54) is 0 Å². The summed E-state index contributed by atoms with van der Waals surface area (Å²) in [5.41, 5.74) is 5.82. The van der Waals surface area contributed by atoms with Crippen molar-refractivity contribution in [2.45, 2.75) is 45.3 Å². The van der Waals surface area contributed by atoms with Crippen LogP contribution in [0.25, 0.3) is 0 Å². The van der Waals surface area contributed by atoms with Gasteiger partial charge in [-0.2, -0.15) is 4.98 Å². The van der Waals surface area contributed by atoms with Crippen LogP contribution in [0.4, 0.5) is 0 Å². The molecule has 0 bridgehead atoms. The fraction of sp³-hybridized carbons (Fsp3) is 0.692. The minimum absolute atomic E-state index is 0.0955. The van der Waals surface area contributed by atoms with E-state index >= 15 is 0 Å². The average molecular weight is 251 g/mol. The van der Waals surface area contributed by atoms with Crippen molar-refractivity contribution in [3.63, 3.8) is 0 Å². The molecular weight excluding hydrogens is 230 g/mol. The first-order chi connectivity index (χ1) is 8.61. The molecule has 0 saturated heterocycles. The lowest BCUT2D eigenvalue weighted by molar-refractivity contribution is 0.0217. The number of hydrogen-bond donors (Lipinski definition) is 1. The molecule has 0 radical (unpaired) electrons. The Hall–Kier alpha value is -1.20. The highest BCUT2D eigenvalue weighted by Crippen LogP contribution is 2.29. The van der Waals surface area contributed by atoms with Gasteiger partial charge in [-0.1, -0.05) is 31.2 Å². The summed E-state index contributed by atoms with van der Waals surface area (Å²) in [5, 5.41) is 4.04. The second-order valence-electron chi connectivity index (χ2n) is 5.00. The number of nitrogens with zero attached hydrogens (tertiary/aromatic N) is 2. The van der Waals surface area contributed by atoms with Crippen LogP contribution >= 0.6 is 0 Å². The Morgan fingerprint density at radius 2 is 2.28 bits per heavy atom. The Morgan fingerprint density at radius 1 is 1.50 bits per heavy atom. The summed E-state index contributed by atoms with van der Waals surface area (Å²) in [7, 11) is 0. The first kappa shape index (κ1) is 13.2. The van der Waals surface area contributed by atoms with Gasteiger partial charge in [0.25, 0.3) is 0 Å². The Kier molecular flexibility index (Phi) is 4.14. The van der Waals surface area contributed by atoms with Gasteiger partial charge in [-0.15, -0.1) is 0 Å². The van der Waals surface area contributed by atoms with Crippen molar-refractivity contribution in [2.75, 3.05) is 6.61 Å². The van der Waals surface area contributed by atoms with Crippen molar-refractivity contribution in [2.24, 2.45) is 11.7 Å². The standard InChI is InChI=1S/C13H21N3O2/c1-4-17-11(8(2)3)12-15-13(18-16-12)9-5-6-10(14)7-9/h5-6,8-11H,4,7,14H2,1-3H3. The van der Waals surface area contributed by atoms with Crippen molar-refractivity contribution >= 4 is 0 Å². The van der Waals surface area contributed by atoms with E-state index in [9.17, 15) is 0 Å². The van der Waals surface area contributed by atoms with E-state index < -0.39 is 0 Å². The molecule has 100 valence electrons. The molecule has 5 nitrogen and oxygen atoms in total.